The van der Waals surface area contributed by atoms with Gasteiger partial charge in [-0.25, -0.2) is 4.98 Å². The fourth-order valence-electron chi connectivity index (χ4n) is 2.60. The summed E-state index contributed by atoms with van der Waals surface area (Å²) in [6, 6.07) is 0. The van der Waals surface area contributed by atoms with Crippen molar-refractivity contribution in [2.45, 2.75) is 32.2 Å². The Labute approximate surface area is 106 Å². The van der Waals surface area contributed by atoms with Crippen LogP contribution in [0, 0.1) is 11.8 Å². The largest absolute Gasteiger partial charge is 0.512 e. The molecule has 1 heterocycles. The van der Waals surface area contributed by atoms with E-state index in [1.807, 2.05) is 12.5 Å². The van der Waals surface area contributed by atoms with Crippen LogP contribution in [0.5, 0.6) is 0 Å². The van der Waals surface area contributed by atoms with Gasteiger partial charge in [-0.05, 0) is 31.6 Å². The van der Waals surface area contributed by atoms with E-state index in [4.69, 9.17) is 5.73 Å². The number of nitrogens with zero attached hydrogens (tertiary/aromatic N) is 2. The minimum Gasteiger partial charge on any atom is -0.512 e. The molecule has 5 heteroatoms. The first-order chi connectivity index (χ1) is 8.65. The molecule has 3 N–H and O–H groups in total. The monoisotopic (exact) mass is 249 g/mol. The highest BCUT2D eigenvalue weighted by atomic mass is 16.3. The van der Waals surface area contributed by atoms with Crippen molar-refractivity contribution in [3.8, 4) is 0 Å². The number of aliphatic hydroxyl groups excluding tert-OH is 1. The molecule has 0 aromatic carbocycles. The fourth-order valence-corrected chi connectivity index (χ4v) is 2.60. The predicted octanol–water partition coefficient (Wildman–Crippen LogP) is 1.62. The van der Waals surface area contributed by atoms with E-state index in [2.05, 4.69) is 9.55 Å². The number of nitrogens with two attached hydrogens (primary N) is 1. The number of aliphatic hydroxyl groups is 1. The van der Waals surface area contributed by atoms with E-state index < -0.39 is 5.91 Å². The van der Waals surface area contributed by atoms with Crippen molar-refractivity contribution >= 4 is 5.91 Å². The molecule has 1 fully saturated rings. The minimum absolute atomic E-state index is 0.0940. The van der Waals surface area contributed by atoms with Gasteiger partial charge < -0.3 is 15.4 Å². The molecule has 0 spiro atoms. The highest BCUT2D eigenvalue weighted by Crippen LogP contribution is 2.33. The number of carbonyl (C=O) groups excluding carboxylic acids is 1. The smallest absolute Gasteiger partial charge is 0.244 e. The second-order valence-electron chi connectivity index (χ2n) is 4.95. The van der Waals surface area contributed by atoms with Crippen LogP contribution in [0.2, 0.25) is 0 Å². The van der Waals surface area contributed by atoms with Crippen LogP contribution in [0.3, 0.4) is 0 Å². The second-order valence-corrected chi connectivity index (χ2v) is 4.95. The molecule has 1 aliphatic rings. The van der Waals surface area contributed by atoms with Gasteiger partial charge in [0.2, 0.25) is 5.91 Å². The summed E-state index contributed by atoms with van der Waals surface area (Å²) < 4.78 is 2.09. The molecule has 1 amide bonds. The zero-order chi connectivity index (χ0) is 13.0. The van der Waals surface area contributed by atoms with Crippen LogP contribution in [0.1, 0.15) is 25.7 Å². The number of primary amides is 1. The van der Waals surface area contributed by atoms with Gasteiger partial charge in [0.1, 0.15) is 5.76 Å². The molecule has 5 nitrogen and oxygen atoms in total. The Morgan fingerprint density at radius 2 is 2.17 bits per heavy atom. The van der Waals surface area contributed by atoms with E-state index in [-0.39, 0.29) is 11.7 Å². The molecule has 1 saturated carbocycles. The van der Waals surface area contributed by atoms with Gasteiger partial charge in [0.25, 0.3) is 0 Å². The van der Waals surface area contributed by atoms with Gasteiger partial charge in [0.05, 0.1) is 6.33 Å². The van der Waals surface area contributed by atoms with Gasteiger partial charge in [-0.1, -0.05) is 0 Å². The first-order valence-corrected chi connectivity index (χ1v) is 6.31. The molecule has 98 valence electrons. The lowest BCUT2D eigenvalue weighted by Crippen LogP contribution is -2.20. The van der Waals surface area contributed by atoms with E-state index in [0.29, 0.717) is 5.92 Å². The lowest BCUT2D eigenvalue weighted by atomic mass is 9.81. The van der Waals surface area contributed by atoms with Crippen molar-refractivity contribution in [2.24, 2.45) is 17.6 Å². The average molecular weight is 249 g/mol. The molecule has 0 atom stereocenters. The summed E-state index contributed by atoms with van der Waals surface area (Å²) in [5, 5.41) is 9.73. The van der Waals surface area contributed by atoms with Crippen LogP contribution in [0.25, 0.3) is 0 Å². The van der Waals surface area contributed by atoms with Gasteiger partial charge in [-0.2, -0.15) is 0 Å². The van der Waals surface area contributed by atoms with E-state index in [1.54, 1.807) is 6.20 Å². The Balaban J connectivity index is 1.83. The van der Waals surface area contributed by atoms with E-state index >= 15 is 0 Å². The Morgan fingerprint density at radius 1 is 1.44 bits per heavy atom. The van der Waals surface area contributed by atoms with Crippen LogP contribution in [-0.4, -0.2) is 20.6 Å². The van der Waals surface area contributed by atoms with E-state index in [9.17, 15) is 9.90 Å². The molecule has 0 saturated heterocycles. The number of rotatable bonds is 4. The van der Waals surface area contributed by atoms with Crippen molar-refractivity contribution in [3.63, 3.8) is 0 Å². The van der Waals surface area contributed by atoms with Crippen molar-refractivity contribution in [2.75, 3.05) is 0 Å². The number of hydrogen-bond acceptors (Lipinski definition) is 3. The minimum atomic E-state index is -0.576. The maximum atomic E-state index is 10.7. The van der Waals surface area contributed by atoms with Crippen LogP contribution in [-0.2, 0) is 11.3 Å². The first-order valence-electron chi connectivity index (χ1n) is 6.31. The number of amides is 1. The lowest BCUT2D eigenvalue weighted by molar-refractivity contribution is -0.113. The summed E-state index contributed by atoms with van der Waals surface area (Å²) in [4.78, 5) is 14.7. The van der Waals surface area contributed by atoms with Crippen LogP contribution < -0.4 is 5.73 Å². The molecule has 1 aromatic rings. The van der Waals surface area contributed by atoms with E-state index in [0.717, 1.165) is 38.3 Å². The van der Waals surface area contributed by atoms with E-state index in [1.165, 1.54) is 0 Å². The molecule has 0 radical (unpaired) electrons. The van der Waals surface area contributed by atoms with Crippen molar-refractivity contribution in [1.82, 2.24) is 9.55 Å². The van der Waals surface area contributed by atoms with Crippen molar-refractivity contribution in [3.05, 3.63) is 30.6 Å². The van der Waals surface area contributed by atoms with Crippen LogP contribution in [0.4, 0.5) is 0 Å². The lowest BCUT2D eigenvalue weighted by Gasteiger charge is -2.28. The third-order valence-corrected chi connectivity index (χ3v) is 3.58. The number of aromatic nitrogens is 2. The maximum absolute atomic E-state index is 10.7. The Kier molecular flexibility index (Phi) is 4.02. The third-order valence-electron chi connectivity index (χ3n) is 3.58. The van der Waals surface area contributed by atoms with Gasteiger partial charge in [-0.3, -0.25) is 4.79 Å². The number of allylic oxidation sites excluding steroid dienone is 1. The zero-order valence-electron chi connectivity index (χ0n) is 10.3. The van der Waals surface area contributed by atoms with Crippen molar-refractivity contribution < 1.29 is 9.90 Å². The molecule has 0 bridgehead atoms. The number of hydrogen-bond donors (Lipinski definition) is 2. The molecule has 0 unspecified atom stereocenters. The summed E-state index contributed by atoms with van der Waals surface area (Å²) in [6.07, 6.45) is 10.7. The summed E-state index contributed by atoms with van der Waals surface area (Å²) in [6.45, 7) is 0.979. The average Bonchev–Trinajstić information content (AvgIpc) is 2.82. The maximum Gasteiger partial charge on any atom is 0.244 e. The van der Waals surface area contributed by atoms with Crippen LogP contribution in [0.15, 0.2) is 30.6 Å². The molecule has 0 aliphatic heterocycles. The van der Waals surface area contributed by atoms with Crippen LogP contribution >= 0.6 is 0 Å². The molecular weight excluding hydrogens is 230 g/mol. The first kappa shape index (κ1) is 12.7. The van der Waals surface area contributed by atoms with Gasteiger partial charge in [0.15, 0.2) is 0 Å². The fraction of sp³-hybridized carbons (Fsp3) is 0.538. The molecular formula is C13H19N3O2. The highest BCUT2D eigenvalue weighted by molar-refractivity contribution is 5.86. The quantitative estimate of drug-likeness (QED) is 0.628. The molecule has 2 rings (SSSR count). The standard InChI is InChI=1S/C13H19N3O2/c14-13(18)7-12(17)11-3-1-10(2-4-11)8-16-6-5-15-9-16/h5-7,9-11,17H,1-4,8H2,(H2,14,18)/b12-7-. The van der Waals surface area contributed by atoms with Gasteiger partial charge in [0, 0.05) is 30.9 Å². The van der Waals surface area contributed by atoms with Gasteiger partial charge >= 0.3 is 0 Å². The highest BCUT2D eigenvalue weighted by Gasteiger charge is 2.24. The Morgan fingerprint density at radius 3 is 2.72 bits per heavy atom. The second kappa shape index (κ2) is 5.71. The molecule has 18 heavy (non-hydrogen) atoms. The topological polar surface area (TPSA) is 81.1 Å². The SMILES string of the molecule is NC(=O)/C=C(\O)C1CCC(Cn2ccnc2)CC1. The van der Waals surface area contributed by atoms with Crippen molar-refractivity contribution in [1.29, 1.82) is 0 Å². The molecule has 1 aliphatic carbocycles. The molecule has 1 aromatic heterocycles. The summed E-state index contributed by atoms with van der Waals surface area (Å²) in [5.41, 5.74) is 5.03. The normalized spacial score (nSPS) is 25.0. The number of imidazole rings is 1. The number of carbonyl (C=O) groups is 1. The summed E-state index contributed by atoms with van der Waals surface area (Å²) in [5.74, 6) is 0.282. The third kappa shape index (κ3) is 3.35. The Hall–Kier alpha value is -1.78. The summed E-state index contributed by atoms with van der Waals surface area (Å²) >= 11 is 0. The summed E-state index contributed by atoms with van der Waals surface area (Å²) in [7, 11) is 0. The van der Waals surface area contributed by atoms with Gasteiger partial charge in [-0.15, -0.1) is 0 Å². The predicted molar refractivity (Wildman–Crippen MR) is 67.6 cm³/mol. The zero-order valence-corrected chi connectivity index (χ0v) is 10.3. The Bertz CT molecular complexity index is 417.